The first kappa shape index (κ1) is 24.4. The number of hydrogen-bond donors (Lipinski definition) is 4. The van der Waals surface area contributed by atoms with Gasteiger partial charge in [-0.05, 0) is 11.6 Å². The van der Waals surface area contributed by atoms with Crippen LogP contribution in [0.2, 0.25) is 0 Å². The SMILES string of the molecule is CC(C)(C)C(=O)C(C(=O)C(C)(C)C)c1c([C@@H](O)CN)ccc(O)c1O.Cl. The summed E-state index contributed by atoms with van der Waals surface area (Å²) in [5.41, 5.74) is 3.88. The molecule has 6 nitrogen and oxygen atoms in total. The van der Waals surface area contributed by atoms with Crippen LogP contribution in [0.25, 0.3) is 0 Å². The van der Waals surface area contributed by atoms with Gasteiger partial charge in [0, 0.05) is 22.9 Å². The molecule has 0 fully saturated rings. The number of rotatable bonds is 5. The van der Waals surface area contributed by atoms with Gasteiger partial charge in [-0.2, -0.15) is 0 Å². The van der Waals surface area contributed by atoms with E-state index in [1.165, 1.54) is 12.1 Å². The number of halogens is 1. The minimum absolute atomic E-state index is 0. The number of aliphatic hydroxyl groups is 1. The molecule has 0 aromatic heterocycles. The number of phenols is 2. The first-order valence-corrected chi connectivity index (χ1v) is 8.25. The Morgan fingerprint density at radius 3 is 1.77 bits per heavy atom. The van der Waals surface area contributed by atoms with Gasteiger partial charge in [0.2, 0.25) is 0 Å². The van der Waals surface area contributed by atoms with E-state index in [9.17, 15) is 24.9 Å². The Labute approximate surface area is 160 Å². The van der Waals surface area contributed by atoms with Crippen LogP contribution in [-0.2, 0) is 9.59 Å². The fourth-order valence-corrected chi connectivity index (χ4v) is 2.58. The quantitative estimate of drug-likeness (QED) is 0.455. The van der Waals surface area contributed by atoms with Gasteiger partial charge in [0.15, 0.2) is 23.1 Å². The van der Waals surface area contributed by atoms with E-state index >= 15 is 0 Å². The minimum atomic E-state index is -1.32. The van der Waals surface area contributed by atoms with Crippen LogP contribution < -0.4 is 5.73 Å². The molecular weight excluding hydrogens is 358 g/mol. The number of aliphatic hydroxyl groups excluding tert-OH is 1. The number of nitrogens with two attached hydrogens (primary N) is 1. The summed E-state index contributed by atoms with van der Waals surface area (Å²) < 4.78 is 0. The van der Waals surface area contributed by atoms with Gasteiger partial charge in [-0.3, -0.25) is 9.59 Å². The Morgan fingerprint density at radius 1 is 1.00 bits per heavy atom. The van der Waals surface area contributed by atoms with Crippen molar-refractivity contribution in [3.8, 4) is 11.5 Å². The van der Waals surface area contributed by atoms with E-state index in [2.05, 4.69) is 0 Å². The van der Waals surface area contributed by atoms with Crippen molar-refractivity contribution in [1.29, 1.82) is 0 Å². The van der Waals surface area contributed by atoms with Crippen LogP contribution in [0.3, 0.4) is 0 Å². The van der Waals surface area contributed by atoms with Crippen molar-refractivity contribution in [1.82, 2.24) is 0 Å². The van der Waals surface area contributed by atoms with E-state index in [1.807, 2.05) is 0 Å². The lowest BCUT2D eigenvalue weighted by Gasteiger charge is -2.31. The average Bonchev–Trinajstić information content (AvgIpc) is 2.48. The van der Waals surface area contributed by atoms with Gasteiger partial charge < -0.3 is 21.1 Å². The summed E-state index contributed by atoms with van der Waals surface area (Å²) in [6, 6.07) is 2.58. The van der Waals surface area contributed by atoms with Crippen LogP contribution in [0, 0.1) is 10.8 Å². The first-order chi connectivity index (χ1) is 11.2. The van der Waals surface area contributed by atoms with E-state index < -0.39 is 45.9 Å². The molecule has 0 saturated heterocycles. The molecule has 0 radical (unpaired) electrons. The molecule has 148 valence electrons. The normalized spacial score (nSPS) is 13.3. The molecule has 5 N–H and O–H groups in total. The molecule has 0 heterocycles. The van der Waals surface area contributed by atoms with Gasteiger partial charge in [-0.15, -0.1) is 12.4 Å². The van der Waals surface area contributed by atoms with Crippen molar-refractivity contribution in [2.45, 2.75) is 53.6 Å². The largest absolute Gasteiger partial charge is 0.504 e. The van der Waals surface area contributed by atoms with Crippen molar-refractivity contribution in [2.24, 2.45) is 16.6 Å². The summed E-state index contributed by atoms with van der Waals surface area (Å²) in [4.78, 5) is 26.1. The monoisotopic (exact) mass is 387 g/mol. The summed E-state index contributed by atoms with van der Waals surface area (Å²) in [5, 5.41) is 30.5. The number of Topliss-reactive ketones (excluding diaryl/α,β-unsaturated/α-hetero) is 2. The second-order valence-corrected chi connectivity index (χ2v) is 8.35. The molecule has 1 aromatic carbocycles. The summed E-state index contributed by atoms with van der Waals surface area (Å²) in [7, 11) is 0. The maximum atomic E-state index is 13.1. The van der Waals surface area contributed by atoms with Crippen LogP contribution in [0.1, 0.15) is 64.7 Å². The first-order valence-electron chi connectivity index (χ1n) is 8.25. The van der Waals surface area contributed by atoms with Crippen molar-refractivity contribution >= 4 is 24.0 Å². The van der Waals surface area contributed by atoms with Crippen LogP contribution in [-0.4, -0.2) is 33.4 Å². The lowest BCUT2D eigenvalue weighted by atomic mass is 9.70. The number of carbonyl (C=O) groups is 2. The van der Waals surface area contributed by atoms with Crippen LogP contribution in [0.5, 0.6) is 11.5 Å². The predicted molar refractivity (Wildman–Crippen MR) is 103 cm³/mol. The van der Waals surface area contributed by atoms with Gasteiger partial charge in [0.25, 0.3) is 0 Å². The molecule has 1 aromatic rings. The third-order valence-electron chi connectivity index (χ3n) is 4.10. The van der Waals surface area contributed by atoms with Crippen LogP contribution >= 0.6 is 12.4 Å². The average molecular weight is 388 g/mol. The highest BCUT2D eigenvalue weighted by Crippen LogP contribution is 2.44. The van der Waals surface area contributed by atoms with Gasteiger partial charge in [0.1, 0.15) is 5.92 Å². The number of phenolic OH excluding ortho intramolecular Hbond substituents is 2. The molecular formula is C19H30ClNO5. The summed E-state index contributed by atoms with van der Waals surface area (Å²) in [6.07, 6.45) is -1.18. The number of carbonyl (C=O) groups excluding carboxylic acids is 2. The predicted octanol–water partition coefficient (Wildman–Crippen LogP) is 2.83. The minimum Gasteiger partial charge on any atom is -0.504 e. The maximum Gasteiger partial charge on any atom is 0.162 e. The van der Waals surface area contributed by atoms with Crippen molar-refractivity contribution < 1.29 is 24.9 Å². The Bertz CT molecular complexity index is 648. The molecule has 0 bridgehead atoms. The third-order valence-corrected chi connectivity index (χ3v) is 4.10. The van der Waals surface area contributed by atoms with Crippen molar-refractivity contribution in [3.05, 3.63) is 23.3 Å². The zero-order valence-electron chi connectivity index (χ0n) is 16.2. The van der Waals surface area contributed by atoms with Crippen LogP contribution in [0.15, 0.2) is 12.1 Å². The van der Waals surface area contributed by atoms with E-state index in [4.69, 9.17) is 5.73 Å². The molecule has 0 saturated carbocycles. The van der Waals surface area contributed by atoms with Crippen LogP contribution in [0.4, 0.5) is 0 Å². The highest BCUT2D eigenvalue weighted by Gasteiger charge is 2.43. The summed E-state index contributed by atoms with van der Waals surface area (Å²) >= 11 is 0. The van der Waals surface area contributed by atoms with Gasteiger partial charge in [-0.1, -0.05) is 47.6 Å². The van der Waals surface area contributed by atoms with E-state index in [-0.39, 0.29) is 30.1 Å². The third kappa shape index (κ3) is 4.96. The fourth-order valence-electron chi connectivity index (χ4n) is 2.58. The number of hydrogen-bond acceptors (Lipinski definition) is 6. The lowest BCUT2D eigenvalue weighted by molar-refractivity contribution is -0.137. The smallest absolute Gasteiger partial charge is 0.162 e. The Kier molecular flexibility index (Phi) is 7.85. The topological polar surface area (TPSA) is 121 Å². The molecule has 26 heavy (non-hydrogen) atoms. The molecule has 0 aliphatic heterocycles. The van der Waals surface area contributed by atoms with E-state index in [0.29, 0.717) is 0 Å². The van der Waals surface area contributed by atoms with E-state index in [1.54, 1.807) is 41.5 Å². The fraction of sp³-hybridized carbons (Fsp3) is 0.579. The van der Waals surface area contributed by atoms with Crippen molar-refractivity contribution in [3.63, 3.8) is 0 Å². The number of ketones is 2. The number of aromatic hydroxyl groups is 2. The zero-order chi connectivity index (χ0) is 19.7. The molecule has 0 spiro atoms. The highest BCUT2D eigenvalue weighted by molar-refractivity contribution is 6.12. The molecule has 0 amide bonds. The van der Waals surface area contributed by atoms with Gasteiger partial charge in [0.05, 0.1) is 6.10 Å². The Morgan fingerprint density at radius 2 is 1.42 bits per heavy atom. The molecule has 0 aliphatic rings. The number of benzene rings is 1. The molecule has 1 atom stereocenters. The molecule has 7 heteroatoms. The summed E-state index contributed by atoms with van der Waals surface area (Å²) in [6.45, 7) is 9.91. The maximum absolute atomic E-state index is 13.1. The Hall–Kier alpha value is -1.63. The molecule has 0 unspecified atom stereocenters. The van der Waals surface area contributed by atoms with E-state index in [0.717, 1.165) is 0 Å². The molecule has 0 aliphatic carbocycles. The highest BCUT2D eigenvalue weighted by atomic mass is 35.5. The van der Waals surface area contributed by atoms with Gasteiger partial charge in [-0.25, -0.2) is 0 Å². The lowest BCUT2D eigenvalue weighted by Crippen LogP contribution is -2.38. The second-order valence-electron chi connectivity index (χ2n) is 8.35. The standard InChI is InChI=1S/C19H29NO5.ClH/c1-18(2,3)16(24)14(17(25)19(4,5)6)13-10(12(22)9-20)7-8-11(21)15(13)23;/h7-8,12,14,21-23H,9,20H2,1-6H3;1H/t12-;/m0./s1. The van der Waals surface area contributed by atoms with Gasteiger partial charge >= 0.3 is 0 Å². The van der Waals surface area contributed by atoms with Crippen molar-refractivity contribution in [2.75, 3.05) is 6.54 Å². The zero-order valence-corrected chi connectivity index (χ0v) is 17.0. The summed E-state index contributed by atoms with van der Waals surface area (Å²) in [5.74, 6) is -3.16. The molecule has 1 rings (SSSR count). The Balaban J connectivity index is 0.00000625. The second kappa shape index (κ2) is 8.37.